The van der Waals surface area contributed by atoms with Crippen LogP contribution in [-0.2, 0) is 20.7 Å². The topological polar surface area (TPSA) is 73.9 Å². The number of amides is 1. The number of nitrogens with one attached hydrogen (secondary N) is 1. The van der Waals surface area contributed by atoms with E-state index in [1.807, 2.05) is 58.0 Å². The highest BCUT2D eigenvalue weighted by Gasteiger charge is 2.52. The molecule has 0 unspecified atom stereocenters. The molecule has 0 aromatic heterocycles. The van der Waals surface area contributed by atoms with E-state index in [9.17, 15) is 14.0 Å². The quantitative estimate of drug-likeness (QED) is 0.505. The van der Waals surface area contributed by atoms with Gasteiger partial charge in [-0.3, -0.25) is 4.79 Å². The predicted molar refractivity (Wildman–Crippen MR) is 120 cm³/mol. The molecule has 0 bridgehead atoms. The summed E-state index contributed by atoms with van der Waals surface area (Å²) in [6.45, 7) is 7.79. The maximum atomic E-state index is 13.8. The van der Waals surface area contributed by atoms with Gasteiger partial charge in [0.25, 0.3) is 0 Å². The largest absolute Gasteiger partial charge is 0.492 e. The average molecular weight is 439 g/mol. The number of carbonyl (C=O) groups excluding carboxylic acids is 2. The molecular weight excluding hydrogens is 412 g/mol. The van der Waals surface area contributed by atoms with Gasteiger partial charge in [-0.2, -0.15) is 0 Å². The van der Waals surface area contributed by atoms with Crippen LogP contribution in [0.2, 0.25) is 0 Å². The number of rotatable bonds is 7. The molecule has 0 atom stereocenters. The fourth-order valence-corrected chi connectivity index (χ4v) is 3.12. The molecule has 0 aliphatic carbocycles. The van der Waals surface area contributed by atoms with Crippen LogP contribution in [0.25, 0.3) is 6.08 Å². The molecule has 1 saturated heterocycles. The van der Waals surface area contributed by atoms with E-state index >= 15 is 0 Å². The molecule has 1 aliphatic rings. The average Bonchev–Trinajstić information content (AvgIpc) is 2.97. The third kappa shape index (κ3) is 5.63. The molecule has 0 radical (unpaired) electrons. The van der Waals surface area contributed by atoms with E-state index in [-0.39, 0.29) is 13.2 Å². The molecule has 2 aromatic rings. The lowest BCUT2D eigenvalue weighted by atomic mass is 9.76. The molecule has 3 rings (SSSR count). The molecule has 0 spiro atoms. The van der Waals surface area contributed by atoms with Crippen LogP contribution >= 0.6 is 0 Å². The van der Waals surface area contributed by atoms with Gasteiger partial charge < -0.3 is 19.4 Å². The second-order valence-corrected chi connectivity index (χ2v) is 8.61. The maximum Gasteiger partial charge on any atom is 0.492 e. The Morgan fingerprint density at radius 1 is 1.06 bits per heavy atom. The fraction of sp³-hybridized carbons (Fsp3) is 0.333. The van der Waals surface area contributed by atoms with Crippen molar-refractivity contribution in [3.05, 3.63) is 76.5 Å². The Labute approximate surface area is 187 Å². The molecule has 0 saturated carbocycles. The minimum Gasteiger partial charge on any atom is -0.445 e. The highest BCUT2D eigenvalue weighted by molar-refractivity contribution is 6.56. The number of hydrogen-bond donors (Lipinski definition) is 1. The van der Waals surface area contributed by atoms with Crippen LogP contribution in [0.15, 0.2) is 54.0 Å². The van der Waals surface area contributed by atoms with Crippen molar-refractivity contribution < 1.29 is 28.0 Å². The standard InChI is InChI=1S/C24H27BFNO5/c1-23(2)24(3,4)32-25(31-23)20(12-19-13-21(26)11-10-18(19)15-28)14-27-22(29)30-16-17-8-6-5-7-9-17/h5-13,15H,14,16H2,1-4H3,(H,27,29). The molecule has 1 heterocycles. The second-order valence-electron chi connectivity index (χ2n) is 8.61. The molecule has 168 valence electrons. The molecule has 6 nitrogen and oxygen atoms in total. The number of ether oxygens (including phenoxy) is 1. The summed E-state index contributed by atoms with van der Waals surface area (Å²) in [6, 6.07) is 13.2. The van der Waals surface area contributed by atoms with Gasteiger partial charge in [-0.1, -0.05) is 36.4 Å². The molecular formula is C24H27BFNO5. The Bertz CT molecular complexity index is 991. The van der Waals surface area contributed by atoms with E-state index in [2.05, 4.69) is 5.32 Å². The van der Waals surface area contributed by atoms with Gasteiger partial charge >= 0.3 is 13.2 Å². The second kappa shape index (κ2) is 9.67. The number of alkyl carbamates (subject to hydrolysis) is 1. The monoisotopic (exact) mass is 439 g/mol. The third-order valence-corrected chi connectivity index (χ3v) is 5.72. The van der Waals surface area contributed by atoms with Crippen LogP contribution in [0.3, 0.4) is 0 Å². The third-order valence-electron chi connectivity index (χ3n) is 5.72. The number of benzene rings is 2. The fourth-order valence-electron chi connectivity index (χ4n) is 3.12. The normalized spacial score (nSPS) is 17.2. The summed E-state index contributed by atoms with van der Waals surface area (Å²) < 4.78 is 31.3. The lowest BCUT2D eigenvalue weighted by molar-refractivity contribution is 0.00578. The summed E-state index contributed by atoms with van der Waals surface area (Å²) >= 11 is 0. The van der Waals surface area contributed by atoms with Gasteiger partial charge in [0, 0.05) is 12.1 Å². The molecule has 1 aliphatic heterocycles. The highest BCUT2D eigenvalue weighted by Crippen LogP contribution is 2.38. The first-order chi connectivity index (χ1) is 15.1. The Balaban J connectivity index is 1.79. The van der Waals surface area contributed by atoms with Crippen LogP contribution in [0.5, 0.6) is 0 Å². The summed E-state index contributed by atoms with van der Waals surface area (Å²) in [5.74, 6) is -0.481. The molecule has 1 N–H and O–H groups in total. The maximum absolute atomic E-state index is 13.8. The predicted octanol–water partition coefficient (Wildman–Crippen LogP) is 4.58. The highest BCUT2D eigenvalue weighted by atomic mass is 19.1. The van der Waals surface area contributed by atoms with Gasteiger partial charge in [-0.25, -0.2) is 9.18 Å². The van der Waals surface area contributed by atoms with Gasteiger partial charge in [0.05, 0.1) is 11.2 Å². The number of aldehydes is 1. The minimum atomic E-state index is -0.794. The van der Waals surface area contributed by atoms with E-state index < -0.39 is 30.2 Å². The van der Waals surface area contributed by atoms with Crippen molar-refractivity contribution in [3.63, 3.8) is 0 Å². The van der Waals surface area contributed by atoms with Gasteiger partial charge in [-0.05, 0) is 62.5 Å². The van der Waals surface area contributed by atoms with Crippen molar-refractivity contribution in [2.45, 2.75) is 45.5 Å². The van der Waals surface area contributed by atoms with E-state index in [1.165, 1.54) is 18.2 Å². The van der Waals surface area contributed by atoms with E-state index in [1.54, 1.807) is 6.08 Å². The summed E-state index contributed by atoms with van der Waals surface area (Å²) in [5.41, 5.74) is 0.838. The zero-order valence-electron chi connectivity index (χ0n) is 18.7. The summed E-state index contributed by atoms with van der Waals surface area (Å²) in [6.07, 6.45) is 1.63. The first-order valence-electron chi connectivity index (χ1n) is 10.4. The van der Waals surface area contributed by atoms with Crippen molar-refractivity contribution in [3.8, 4) is 0 Å². The number of hydrogen-bond acceptors (Lipinski definition) is 5. The first kappa shape index (κ1) is 23.7. The first-order valence-corrected chi connectivity index (χ1v) is 10.4. The van der Waals surface area contributed by atoms with E-state index in [0.29, 0.717) is 22.9 Å². The molecule has 2 aromatic carbocycles. The smallest absolute Gasteiger partial charge is 0.445 e. The van der Waals surface area contributed by atoms with Gasteiger partial charge in [0.2, 0.25) is 0 Å². The molecule has 1 fully saturated rings. The van der Waals surface area contributed by atoms with Crippen molar-refractivity contribution in [2.24, 2.45) is 0 Å². The van der Waals surface area contributed by atoms with Crippen LogP contribution < -0.4 is 5.32 Å². The van der Waals surface area contributed by atoms with Crippen LogP contribution in [-0.4, -0.2) is 37.2 Å². The van der Waals surface area contributed by atoms with Crippen LogP contribution in [0.4, 0.5) is 9.18 Å². The Morgan fingerprint density at radius 2 is 1.72 bits per heavy atom. The lowest BCUT2D eigenvalue weighted by Crippen LogP contribution is -2.41. The van der Waals surface area contributed by atoms with Crippen LogP contribution in [0, 0.1) is 5.82 Å². The van der Waals surface area contributed by atoms with Gasteiger partial charge in [-0.15, -0.1) is 0 Å². The Morgan fingerprint density at radius 3 is 2.34 bits per heavy atom. The van der Waals surface area contributed by atoms with Gasteiger partial charge in [0.15, 0.2) is 6.29 Å². The zero-order chi connectivity index (χ0) is 23.4. The van der Waals surface area contributed by atoms with E-state index in [4.69, 9.17) is 14.0 Å². The molecule has 1 amide bonds. The Kier molecular flexibility index (Phi) is 7.16. The van der Waals surface area contributed by atoms with Crippen molar-refractivity contribution in [1.29, 1.82) is 0 Å². The summed E-state index contributed by atoms with van der Waals surface area (Å²) in [5, 5.41) is 2.69. The van der Waals surface area contributed by atoms with Crippen molar-refractivity contribution in [2.75, 3.05) is 6.54 Å². The number of carbonyl (C=O) groups is 2. The van der Waals surface area contributed by atoms with Crippen molar-refractivity contribution >= 4 is 25.6 Å². The Hall–Kier alpha value is -2.97. The molecule has 32 heavy (non-hydrogen) atoms. The SMILES string of the molecule is CC1(C)OB(C(=Cc2cc(F)ccc2C=O)CNC(=O)OCc2ccccc2)OC1(C)C. The number of halogens is 1. The molecule has 8 heteroatoms. The van der Waals surface area contributed by atoms with Crippen molar-refractivity contribution in [1.82, 2.24) is 5.32 Å². The minimum absolute atomic E-state index is 0.0270. The summed E-state index contributed by atoms with van der Waals surface area (Å²) in [4.78, 5) is 23.7. The van der Waals surface area contributed by atoms with Gasteiger partial charge in [0.1, 0.15) is 12.4 Å². The van der Waals surface area contributed by atoms with E-state index in [0.717, 1.165) is 5.56 Å². The summed E-state index contributed by atoms with van der Waals surface area (Å²) in [7, 11) is -0.794. The lowest BCUT2D eigenvalue weighted by Gasteiger charge is -2.32. The zero-order valence-corrected chi connectivity index (χ0v) is 18.7. The van der Waals surface area contributed by atoms with Crippen LogP contribution in [0.1, 0.15) is 49.2 Å².